The molecule has 0 bridgehead atoms. The first-order chi connectivity index (χ1) is 8.11. The number of esters is 1. The number of nitrogens with zero attached hydrogens (tertiary/aromatic N) is 2. The van der Waals surface area contributed by atoms with E-state index in [-0.39, 0.29) is 0 Å². The van der Waals surface area contributed by atoms with E-state index in [1.807, 2.05) is 0 Å². The molecule has 0 rings (SSSR count). The van der Waals surface area contributed by atoms with Gasteiger partial charge in [0.2, 0.25) is 0 Å². The summed E-state index contributed by atoms with van der Waals surface area (Å²) in [7, 11) is 0. The fraction of sp³-hybridized carbons (Fsp3) is 0.700. The van der Waals surface area contributed by atoms with Crippen molar-refractivity contribution >= 4 is 18.1 Å². The fourth-order valence-electron chi connectivity index (χ4n) is 1.17. The second kappa shape index (κ2) is 9.50. The molecule has 0 spiro atoms. The summed E-state index contributed by atoms with van der Waals surface area (Å²) in [5, 5.41) is 2.51. The van der Waals surface area contributed by atoms with Crippen molar-refractivity contribution in [3.8, 4) is 0 Å². The number of amides is 1. The zero-order chi connectivity index (χ0) is 13.1. The summed E-state index contributed by atoms with van der Waals surface area (Å²) in [6, 6.07) is -0.607. The van der Waals surface area contributed by atoms with Gasteiger partial charge in [-0.05, 0) is 26.2 Å². The van der Waals surface area contributed by atoms with Gasteiger partial charge in [0.1, 0.15) is 6.04 Å². The minimum absolute atomic E-state index is 0.323. The minimum atomic E-state index is -0.607. The van der Waals surface area contributed by atoms with Crippen LogP contribution in [0, 0.1) is 0 Å². The van der Waals surface area contributed by atoms with E-state index in [4.69, 9.17) is 16.0 Å². The predicted molar refractivity (Wildman–Crippen MR) is 61.2 cm³/mol. The van der Waals surface area contributed by atoms with Crippen LogP contribution >= 0.6 is 0 Å². The smallest absolute Gasteiger partial charge is 0.344 e. The van der Waals surface area contributed by atoms with Gasteiger partial charge in [-0.25, -0.2) is 0 Å². The predicted octanol–water partition coefficient (Wildman–Crippen LogP) is -0.536. The summed E-state index contributed by atoms with van der Waals surface area (Å²) in [5.74, 6) is -0.855. The molecule has 1 amide bonds. The number of nitrogens with two attached hydrogens (primary N) is 1. The lowest BCUT2D eigenvalue weighted by Crippen LogP contribution is -2.32. The zero-order valence-corrected chi connectivity index (χ0v) is 9.89. The van der Waals surface area contributed by atoms with E-state index in [2.05, 4.69) is 10.1 Å². The third kappa shape index (κ3) is 8.12. The Bertz CT molecular complexity index is 300. The van der Waals surface area contributed by atoms with Crippen molar-refractivity contribution in [2.75, 3.05) is 13.2 Å². The molecule has 0 aromatic rings. The maximum Gasteiger partial charge on any atom is 0.344 e. The highest BCUT2D eigenvalue weighted by Crippen LogP contribution is 2.00. The van der Waals surface area contributed by atoms with E-state index in [1.54, 1.807) is 6.92 Å². The van der Waals surface area contributed by atoms with Crippen LogP contribution in [-0.4, -0.2) is 42.1 Å². The Kier molecular flexibility index (Phi) is 8.54. The van der Waals surface area contributed by atoms with Crippen LogP contribution in [0.5, 0.6) is 0 Å². The normalized spacial score (nSPS) is 11.2. The first-order valence-electron chi connectivity index (χ1n) is 5.49. The second-order valence-corrected chi connectivity index (χ2v) is 3.39. The van der Waals surface area contributed by atoms with Crippen molar-refractivity contribution < 1.29 is 19.1 Å². The van der Waals surface area contributed by atoms with Gasteiger partial charge in [-0.3, -0.25) is 9.59 Å². The van der Waals surface area contributed by atoms with Gasteiger partial charge in [0.05, 0.1) is 6.61 Å². The molecule has 1 unspecified atom stereocenters. The van der Waals surface area contributed by atoms with Crippen LogP contribution in [-0.2, 0) is 14.3 Å². The van der Waals surface area contributed by atoms with Gasteiger partial charge < -0.3 is 21.3 Å². The van der Waals surface area contributed by atoms with Gasteiger partial charge in [-0.15, -0.1) is 0 Å². The Morgan fingerprint density at radius 2 is 2.24 bits per heavy atom. The van der Waals surface area contributed by atoms with Crippen LogP contribution < -0.4 is 11.1 Å². The van der Waals surface area contributed by atoms with Crippen LogP contribution in [0.25, 0.3) is 5.53 Å². The van der Waals surface area contributed by atoms with Crippen LogP contribution in [0.15, 0.2) is 0 Å². The first kappa shape index (κ1) is 15.3. The van der Waals surface area contributed by atoms with Crippen molar-refractivity contribution in [2.24, 2.45) is 5.73 Å². The molecule has 0 fully saturated rings. The molecule has 3 N–H and O–H groups in total. The lowest BCUT2D eigenvalue weighted by Gasteiger charge is -2.09. The average Bonchev–Trinajstić information content (AvgIpc) is 2.29. The molecule has 0 saturated heterocycles. The highest BCUT2D eigenvalue weighted by molar-refractivity contribution is 6.23. The number of carbonyl (C=O) groups excluding carboxylic acids is 2. The highest BCUT2D eigenvalue weighted by atomic mass is 16.5. The van der Waals surface area contributed by atoms with E-state index >= 15 is 0 Å². The van der Waals surface area contributed by atoms with Crippen molar-refractivity contribution in [2.45, 2.75) is 32.2 Å². The third-order valence-corrected chi connectivity index (χ3v) is 2.01. The third-order valence-electron chi connectivity index (χ3n) is 2.01. The monoisotopic (exact) mass is 242 g/mol. The topological polar surface area (TPSA) is 118 Å². The average molecular weight is 242 g/mol. The molecule has 7 heteroatoms. The first-order valence-corrected chi connectivity index (χ1v) is 5.49. The second-order valence-electron chi connectivity index (χ2n) is 3.39. The van der Waals surface area contributed by atoms with Crippen LogP contribution in [0.1, 0.15) is 26.2 Å². The summed E-state index contributed by atoms with van der Waals surface area (Å²) < 4.78 is 4.75. The summed E-state index contributed by atoms with van der Waals surface area (Å²) in [6.45, 7) is 2.49. The molecule has 1 atom stereocenters. The number of unbranched alkanes of at least 4 members (excludes halogenated alkanes) is 1. The number of hydrogen-bond donors (Lipinski definition) is 2. The zero-order valence-electron chi connectivity index (χ0n) is 9.89. The molecule has 0 radical (unpaired) electrons. The lowest BCUT2D eigenvalue weighted by atomic mass is 10.1. The number of ether oxygens (including phenoxy) is 1. The maximum absolute atomic E-state index is 11.1. The van der Waals surface area contributed by atoms with Gasteiger partial charge in [0, 0.05) is 6.54 Å². The molecule has 96 valence electrons. The number of rotatable bonds is 8. The molecular formula is C10H18N4O3. The molecule has 0 aliphatic rings. The van der Waals surface area contributed by atoms with Crippen LogP contribution in [0.2, 0.25) is 0 Å². The highest BCUT2D eigenvalue weighted by Gasteiger charge is 2.13. The summed E-state index contributed by atoms with van der Waals surface area (Å²) in [6.07, 6.45) is 2.70. The van der Waals surface area contributed by atoms with Gasteiger partial charge >= 0.3 is 18.1 Å². The van der Waals surface area contributed by atoms with Gasteiger partial charge in [0.25, 0.3) is 0 Å². The minimum Gasteiger partial charge on any atom is -0.465 e. The van der Waals surface area contributed by atoms with E-state index in [0.717, 1.165) is 6.21 Å². The van der Waals surface area contributed by atoms with E-state index < -0.39 is 17.9 Å². The molecule has 7 nitrogen and oxygen atoms in total. The Labute approximate surface area is 99.9 Å². The van der Waals surface area contributed by atoms with Crippen molar-refractivity contribution in [3.05, 3.63) is 5.53 Å². The molecule has 0 aromatic heterocycles. The Morgan fingerprint density at radius 1 is 1.53 bits per heavy atom. The SMILES string of the molecule is CCOC(=O)C(N)CCCCNC(=O)C=[N+]=[N-]. The number of nitrogens with one attached hydrogen (secondary N) is 1. The molecule has 0 aliphatic heterocycles. The molecule has 0 saturated carbocycles. The van der Waals surface area contributed by atoms with E-state index in [1.165, 1.54) is 0 Å². The van der Waals surface area contributed by atoms with Crippen LogP contribution in [0.3, 0.4) is 0 Å². The maximum atomic E-state index is 11.1. The summed E-state index contributed by atoms with van der Waals surface area (Å²) in [4.78, 5) is 24.5. The molecule has 0 heterocycles. The summed E-state index contributed by atoms with van der Waals surface area (Å²) >= 11 is 0. The van der Waals surface area contributed by atoms with Gasteiger partial charge in [0.15, 0.2) is 0 Å². The molecule has 0 aromatic carbocycles. The largest absolute Gasteiger partial charge is 0.465 e. The fourth-order valence-corrected chi connectivity index (χ4v) is 1.17. The molecule has 17 heavy (non-hydrogen) atoms. The van der Waals surface area contributed by atoms with Gasteiger partial charge in [-0.1, -0.05) is 0 Å². The number of carbonyl (C=O) groups is 2. The van der Waals surface area contributed by atoms with Crippen molar-refractivity contribution in [1.29, 1.82) is 0 Å². The Balaban J connectivity index is 3.54. The molecule has 0 aliphatic carbocycles. The number of hydrogen-bond acceptors (Lipinski definition) is 4. The van der Waals surface area contributed by atoms with Crippen LogP contribution in [0.4, 0.5) is 0 Å². The van der Waals surface area contributed by atoms with Crippen molar-refractivity contribution in [3.63, 3.8) is 0 Å². The molecular weight excluding hydrogens is 224 g/mol. The Hall–Kier alpha value is -1.72. The summed E-state index contributed by atoms with van der Waals surface area (Å²) in [5.41, 5.74) is 13.6. The lowest BCUT2D eigenvalue weighted by molar-refractivity contribution is -0.144. The Morgan fingerprint density at radius 3 is 2.82 bits per heavy atom. The standard InChI is InChI=1S/C10H18N4O3/c1-2-17-10(16)8(11)5-3-4-6-13-9(15)7-14-12/h7-8H,2-6,11H2,1H3,(H,13,15). The van der Waals surface area contributed by atoms with Gasteiger partial charge in [-0.2, -0.15) is 4.79 Å². The van der Waals surface area contributed by atoms with E-state index in [0.29, 0.717) is 32.4 Å². The van der Waals surface area contributed by atoms with Crippen molar-refractivity contribution in [1.82, 2.24) is 5.32 Å². The quantitative estimate of drug-likeness (QED) is 0.195. The van der Waals surface area contributed by atoms with E-state index in [9.17, 15) is 9.59 Å².